The van der Waals surface area contributed by atoms with Gasteiger partial charge in [0.05, 0.1) is 24.3 Å². The number of rotatable bonds is 6. The van der Waals surface area contributed by atoms with Gasteiger partial charge in [-0.15, -0.1) is 0 Å². The van der Waals surface area contributed by atoms with Crippen LogP contribution in [0.2, 0.25) is 0 Å². The average molecular weight is 470 g/mol. The van der Waals surface area contributed by atoms with Crippen LogP contribution >= 0.6 is 0 Å². The first-order valence-electron chi connectivity index (χ1n) is 12.4. The number of carbonyl (C=O) groups is 2. The zero-order valence-electron chi connectivity index (χ0n) is 18.9. The molecule has 0 aromatic rings. The van der Waals surface area contributed by atoms with Gasteiger partial charge in [0.15, 0.2) is 0 Å². The predicted octanol–water partition coefficient (Wildman–Crippen LogP) is 2.26. The van der Waals surface area contributed by atoms with Crippen LogP contribution in [0.4, 0.5) is 0 Å². The van der Waals surface area contributed by atoms with E-state index < -0.39 is 44.9 Å². The largest absolute Gasteiger partial charge is 0.460 e. The third kappa shape index (κ3) is 3.88. The Morgan fingerprint density at radius 3 is 2.44 bits per heavy atom. The maximum absolute atomic E-state index is 13.5. The molecule has 0 aromatic heterocycles. The Labute approximate surface area is 190 Å². The van der Waals surface area contributed by atoms with E-state index in [-0.39, 0.29) is 31.0 Å². The lowest BCUT2D eigenvalue weighted by Gasteiger charge is -2.37. The van der Waals surface area contributed by atoms with E-state index in [9.17, 15) is 18.0 Å². The summed E-state index contributed by atoms with van der Waals surface area (Å²) >= 11 is 0. The molecule has 32 heavy (non-hydrogen) atoms. The van der Waals surface area contributed by atoms with E-state index in [4.69, 9.17) is 13.7 Å². The van der Waals surface area contributed by atoms with Gasteiger partial charge in [0, 0.05) is 11.8 Å². The van der Waals surface area contributed by atoms with Gasteiger partial charge in [-0.25, -0.2) is 0 Å². The highest BCUT2D eigenvalue weighted by molar-refractivity contribution is 7.87. The highest BCUT2D eigenvalue weighted by atomic mass is 32.2. The number of esters is 2. The molecule has 6 atom stereocenters. The molecule has 3 aliphatic carbocycles. The van der Waals surface area contributed by atoms with Crippen LogP contribution in [-0.4, -0.2) is 68.5 Å². The van der Waals surface area contributed by atoms with Gasteiger partial charge in [-0.3, -0.25) is 18.7 Å². The predicted molar refractivity (Wildman–Crippen MR) is 115 cm³/mol. The number of carbonyl (C=O) groups excluding carboxylic acids is 2. The quantitative estimate of drug-likeness (QED) is 0.431. The fourth-order valence-corrected chi connectivity index (χ4v) is 9.03. The molecule has 2 saturated heterocycles. The highest BCUT2D eigenvalue weighted by Crippen LogP contribution is 2.58. The zero-order chi connectivity index (χ0) is 22.5. The zero-order valence-corrected chi connectivity index (χ0v) is 19.7. The molecular formula is C23H35NO7S. The summed E-state index contributed by atoms with van der Waals surface area (Å²) < 4.78 is 42.3. The smallest absolute Gasteiger partial charge is 0.320 e. The SMILES string of the molecule is CCC1(OC(=O)C2C3CC(C4COS(=O)(=O)C43)C2OC(=O)CN2CCCCC2)CCCC1. The molecule has 0 radical (unpaired) electrons. The van der Waals surface area contributed by atoms with Crippen LogP contribution in [0.1, 0.15) is 64.7 Å². The first-order chi connectivity index (χ1) is 15.3. The summed E-state index contributed by atoms with van der Waals surface area (Å²) in [6.07, 6.45) is 7.75. The molecular weight excluding hydrogens is 434 g/mol. The normalized spacial score (nSPS) is 39.7. The molecule has 0 amide bonds. The Balaban J connectivity index is 1.35. The van der Waals surface area contributed by atoms with E-state index in [1.807, 2.05) is 6.92 Å². The maximum atomic E-state index is 13.5. The molecule has 2 bridgehead atoms. The Morgan fingerprint density at radius 2 is 1.75 bits per heavy atom. The topological polar surface area (TPSA) is 99.2 Å². The molecule has 6 unspecified atom stereocenters. The Hall–Kier alpha value is -1.19. The van der Waals surface area contributed by atoms with Crippen molar-refractivity contribution >= 4 is 22.1 Å². The first kappa shape index (κ1) is 22.6. The van der Waals surface area contributed by atoms with E-state index in [1.54, 1.807) is 0 Å². The molecule has 2 heterocycles. The van der Waals surface area contributed by atoms with Crippen LogP contribution in [0.15, 0.2) is 0 Å². The van der Waals surface area contributed by atoms with Crippen molar-refractivity contribution in [1.82, 2.24) is 4.90 Å². The minimum atomic E-state index is -3.70. The number of fused-ring (bicyclic) bond motifs is 5. The van der Waals surface area contributed by atoms with Crippen molar-refractivity contribution in [1.29, 1.82) is 0 Å². The molecule has 0 aromatic carbocycles. The Morgan fingerprint density at radius 1 is 1.03 bits per heavy atom. The second-order valence-electron chi connectivity index (χ2n) is 10.5. The van der Waals surface area contributed by atoms with E-state index in [0.717, 1.165) is 58.0 Å². The highest BCUT2D eigenvalue weighted by Gasteiger charge is 2.68. The van der Waals surface area contributed by atoms with Gasteiger partial charge in [-0.1, -0.05) is 13.3 Å². The van der Waals surface area contributed by atoms with Crippen molar-refractivity contribution in [3.05, 3.63) is 0 Å². The summed E-state index contributed by atoms with van der Waals surface area (Å²) in [5, 5.41) is -0.691. The molecule has 5 aliphatic rings. The summed E-state index contributed by atoms with van der Waals surface area (Å²) in [6, 6.07) is 0. The van der Waals surface area contributed by atoms with Crippen LogP contribution in [0.25, 0.3) is 0 Å². The summed E-state index contributed by atoms with van der Waals surface area (Å²) in [4.78, 5) is 28.4. The lowest BCUT2D eigenvalue weighted by molar-refractivity contribution is -0.178. The van der Waals surface area contributed by atoms with E-state index in [1.165, 1.54) is 6.42 Å². The summed E-state index contributed by atoms with van der Waals surface area (Å²) in [5.74, 6) is -2.25. The van der Waals surface area contributed by atoms with Crippen LogP contribution in [0.5, 0.6) is 0 Å². The maximum Gasteiger partial charge on any atom is 0.320 e. The molecule has 0 spiro atoms. The third-order valence-corrected chi connectivity index (χ3v) is 10.6. The molecule has 9 heteroatoms. The minimum Gasteiger partial charge on any atom is -0.460 e. The van der Waals surface area contributed by atoms with E-state index >= 15 is 0 Å². The monoisotopic (exact) mass is 469 g/mol. The molecule has 5 rings (SSSR count). The van der Waals surface area contributed by atoms with Gasteiger partial charge in [-0.05, 0) is 70.4 Å². The Kier molecular flexibility index (Phi) is 6.03. The standard InChI is InChI=1S/C23H35NO7S/c1-2-23(8-4-5-9-23)31-22(26)19-16-12-15(17-14-29-32(27,28)21(16)17)20(19)30-18(25)13-24-10-6-3-7-11-24/h15-17,19-21H,2-14H2,1H3. The second-order valence-corrected chi connectivity index (χ2v) is 12.2. The van der Waals surface area contributed by atoms with E-state index in [0.29, 0.717) is 6.42 Å². The summed E-state index contributed by atoms with van der Waals surface area (Å²) in [6.45, 7) is 4.13. The molecule has 0 N–H and O–H groups in total. The number of hydrogen-bond acceptors (Lipinski definition) is 8. The lowest BCUT2D eigenvalue weighted by Crippen LogP contribution is -2.50. The number of nitrogens with zero attached hydrogens (tertiary/aromatic N) is 1. The molecule has 2 aliphatic heterocycles. The Bertz CT molecular complexity index is 846. The lowest BCUT2D eigenvalue weighted by atomic mass is 9.79. The average Bonchev–Trinajstić information content (AvgIpc) is 3.51. The second kappa shape index (κ2) is 8.55. The van der Waals surface area contributed by atoms with Gasteiger partial charge < -0.3 is 9.47 Å². The summed E-state index contributed by atoms with van der Waals surface area (Å²) in [5.41, 5.74) is -0.467. The number of ether oxygens (including phenoxy) is 2. The number of piperidine rings is 1. The van der Waals surface area contributed by atoms with Crippen molar-refractivity contribution in [2.45, 2.75) is 81.7 Å². The van der Waals surface area contributed by atoms with Crippen molar-refractivity contribution in [2.24, 2.45) is 23.7 Å². The fourth-order valence-electron chi connectivity index (χ4n) is 7.11. The van der Waals surface area contributed by atoms with Crippen LogP contribution in [0, 0.1) is 23.7 Å². The number of hydrogen-bond donors (Lipinski definition) is 0. The van der Waals surface area contributed by atoms with Crippen LogP contribution < -0.4 is 0 Å². The van der Waals surface area contributed by atoms with Gasteiger partial charge in [0.1, 0.15) is 11.7 Å². The van der Waals surface area contributed by atoms with Gasteiger partial charge in [-0.2, -0.15) is 8.42 Å². The molecule has 8 nitrogen and oxygen atoms in total. The van der Waals surface area contributed by atoms with Crippen molar-refractivity contribution in [3.8, 4) is 0 Å². The summed E-state index contributed by atoms with van der Waals surface area (Å²) in [7, 11) is -3.70. The van der Waals surface area contributed by atoms with Gasteiger partial charge in [0.2, 0.25) is 0 Å². The first-order valence-corrected chi connectivity index (χ1v) is 13.8. The molecule has 5 fully saturated rings. The number of likely N-dealkylation sites (tertiary alicyclic amines) is 1. The van der Waals surface area contributed by atoms with Crippen LogP contribution in [-0.2, 0) is 33.4 Å². The van der Waals surface area contributed by atoms with Crippen molar-refractivity contribution < 1.29 is 31.7 Å². The molecule has 3 saturated carbocycles. The minimum absolute atomic E-state index is 0.120. The fraction of sp³-hybridized carbons (Fsp3) is 0.913. The van der Waals surface area contributed by atoms with Crippen LogP contribution in [0.3, 0.4) is 0 Å². The third-order valence-electron chi connectivity index (χ3n) is 8.75. The van der Waals surface area contributed by atoms with Crippen molar-refractivity contribution in [3.63, 3.8) is 0 Å². The van der Waals surface area contributed by atoms with Crippen molar-refractivity contribution in [2.75, 3.05) is 26.2 Å². The van der Waals surface area contributed by atoms with Gasteiger partial charge in [0.25, 0.3) is 10.1 Å². The van der Waals surface area contributed by atoms with Gasteiger partial charge >= 0.3 is 11.9 Å². The molecule has 180 valence electrons. The van der Waals surface area contributed by atoms with E-state index in [2.05, 4.69) is 4.90 Å².